The number of benzene rings is 1. The lowest BCUT2D eigenvalue weighted by Crippen LogP contribution is -3.00. The zero-order valence-corrected chi connectivity index (χ0v) is 14.4. The maximum absolute atomic E-state index is 12.3. The maximum atomic E-state index is 12.3. The molecule has 1 aromatic heterocycles. The summed E-state index contributed by atoms with van der Waals surface area (Å²) in [5.41, 5.74) is 3.62. The van der Waals surface area contributed by atoms with E-state index in [4.69, 9.17) is 9.84 Å². The molecule has 0 saturated heterocycles. The highest BCUT2D eigenvalue weighted by Gasteiger charge is 2.19. The molecule has 0 aliphatic rings. The Morgan fingerprint density at radius 2 is 2.19 bits per heavy atom. The van der Waals surface area contributed by atoms with E-state index in [9.17, 15) is 4.79 Å². The van der Waals surface area contributed by atoms with Crippen molar-refractivity contribution in [1.29, 1.82) is 0 Å². The van der Waals surface area contributed by atoms with Crippen LogP contribution in [0.5, 0.6) is 5.75 Å². The van der Waals surface area contributed by atoms with Crippen molar-refractivity contribution in [2.24, 2.45) is 0 Å². The topological polar surface area (TPSA) is 50.4 Å². The largest absolute Gasteiger partial charge is 1.00 e. The fourth-order valence-corrected chi connectivity index (χ4v) is 2.98. The third-order valence-electron chi connectivity index (χ3n) is 3.20. The van der Waals surface area contributed by atoms with E-state index in [1.807, 2.05) is 29.1 Å². The Kier molecular flexibility index (Phi) is 7.01. The first kappa shape index (κ1) is 17.8. The summed E-state index contributed by atoms with van der Waals surface area (Å²) < 4.78 is 7.06. The van der Waals surface area contributed by atoms with Crippen molar-refractivity contribution >= 4 is 17.1 Å². The van der Waals surface area contributed by atoms with Crippen LogP contribution < -0.4 is 26.3 Å². The molecule has 2 rings (SSSR count). The Balaban J connectivity index is 0.00000220. The van der Waals surface area contributed by atoms with Gasteiger partial charge in [-0.05, 0) is 12.1 Å². The Hall–Kier alpha value is -1.24. The number of halogens is 1. The molecule has 2 aromatic rings. The van der Waals surface area contributed by atoms with Crippen LogP contribution in [0.25, 0.3) is 0 Å². The van der Waals surface area contributed by atoms with E-state index >= 15 is 0 Å². The van der Waals surface area contributed by atoms with Gasteiger partial charge in [-0.2, -0.15) is 4.57 Å². The van der Waals surface area contributed by atoms with Gasteiger partial charge in [0.15, 0.2) is 5.69 Å². The average molecular weight is 372 g/mol. The van der Waals surface area contributed by atoms with Crippen molar-refractivity contribution in [3.05, 3.63) is 45.9 Å². The number of methoxy groups -OCH3 is 1. The third kappa shape index (κ3) is 4.36. The van der Waals surface area contributed by atoms with E-state index in [2.05, 4.69) is 0 Å². The molecule has 6 heteroatoms. The van der Waals surface area contributed by atoms with Gasteiger partial charge in [0.1, 0.15) is 5.75 Å². The minimum atomic E-state index is 0. The molecule has 0 spiro atoms. The molecule has 0 fully saturated rings. The average Bonchev–Trinajstić information content (AvgIpc) is 2.81. The molecule has 114 valence electrons. The summed E-state index contributed by atoms with van der Waals surface area (Å²) in [4.78, 5) is 13.4. The van der Waals surface area contributed by atoms with Crippen LogP contribution in [-0.2, 0) is 13.0 Å². The van der Waals surface area contributed by atoms with Crippen molar-refractivity contribution in [3.8, 4) is 5.75 Å². The molecule has 1 aromatic carbocycles. The first-order chi connectivity index (χ1) is 9.65. The summed E-state index contributed by atoms with van der Waals surface area (Å²) >= 11 is 1.57. The zero-order valence-electron chi connectivity index (χ0n) is 12.0. The summed E-state index contributed by atoms with van der Waals surface area (Å²) in [6.07, 6.45) is 0.636. The lowest BCUT2D eigenvalue weighted by molar-refractivity contribution is -0.684. The van der Waals surface area contributed by atoms with Gasteiger partial charge in [0, 0.05) is 25.5 Å². The third-order valence-corrected chi connectivity index (χ3v) is 4.35. The van der Waals surface area contributed by atoms with Crippen molar-refractivity contribution < 1.29 is 36.2 Å². The van der Waals surface area contributed by atoms with Gasteiger partial charge in [0.25, 0.3) is 0 Å². The second kappa shape index (κ2) is 8.26. The molecular weight excluding hydrogens is 354 g/mol. The molecule has 1 N–H and O–H groups in total. The van der Waals surface area contributed by atoms with Crippen molar-refractivity contribution in [2.45, 2.75) is 19.9 Å². The predicted octanol–water partition coefficient (Wildman–Crippen LogP) is -1.23. The molecule has 4 nitrogen and oxygen atoms in total. The van der Waals surface area contributed by atoms with Crippen LogP contribution in [0.1, 0.15) is 20.9 Å². The van der Waals surface area contributed by atoms with Gasteiger partial charge >= 0.3 is 0 Å². The fourth-order valence-electron chi connectivity index (χ4n) is 1.99. The zero-order chi connectivity index (χ0) is 14.5. The second-order valence-corrected chi connectivity index (χ2v) is 5.43. The molecule has 0 saturated carbocycles. The van der Waals surface area contributed by atoms with Gasteiger partial charge in [-0.15, -0.1) is 0 Å². The van der Waals surface area contributed by atoms with E-state index in [-0.39, 0.29) is 29.4 Å². The van der Waals surface area contributed by atoms with Gasteiger partial charge in [0.2, 0.25) is 17.8 Å². The number of ether oxygens (including phenoxy) is 1. The SMILES string of the molecule is COc1cccc(C(=O)C[n+]2csc(CCO)c2C)c1.[Br-]. The number of aliphatic hydroxyl groups is 1. The molecule has 0 atom stereocenters. The molecular formula is C15H18BrNO3S. The van der Waals surface area contributed by atoms with Crippen molar-refractivity contribution in [3.63, 3.8) is 0 Å². The predicted molar refractivity (Wildman–Crippen MR) is 77.4 cm³/mol. The van der Waals surface area contributed by atoms with Gasteiger partial charge in [0.05, 0.1) is 12.0 Å². The molecule has 1 heterocycles. The summed E-state index contributed by atoms with van der Waals surface area (Å²) in [5.74, 6) is 0.731. The van der Waals surface area contributed by atoms with Crippen LogP contribution >= 0.6 is 11.3 Å². The number of Topliss-reactive ketones (excluding diaryl/α,β-unsaturated/α-hetero) is 1. The van der Waals surface area contributed by atoms with Crippen LogP contribution in [0.2, 0.25) is 0 Å². The Bertz CT molecular complexity index is 613. The maximum Gasteiger partial charge on any atom is 0.227 e. The van der Waals surface area contributed by atoms with E-state index in [0.717, 1.165) is 10.6 Å². The first-order valence-electron chi connectivity index (χ1n) is 6.40. The van der Waals surface area contributed by atoms with Crippen LogP contribution in [0.4, 0.5) is 0 Å². The van der Waals surface area contributed by atoms with E-state index < -0.39 is 0 Å². The number of thiazole rings is 1. The molecule has 0 aliphatic carbocycles. The summed E-state index contributed by atoms with van der Waals surface area (Å²) in [6, 6.07) is 7.18. The standard InChI is InChI=1S/C15H18NO3S.BrH/c1-11-15(6-7-17)20-10-16(11)9-14(18)12-4-3-5-13(8-12)19-2;/h3-5,8,10,17H,6-7,9H2,1-2H3;1H/q+1;/p-1. The number of hydrogen-bond acceptors (Lipinski definition) is 4. The van der Waals surface area contributed by atoms with Gasteiger partial charge in [-0.3, -0.25) is 4.79 Å². The normalized spacial score (nSPS) is 10.0. The number of carbonyl (C=O) groups is 1. The van der Waals surface area contributed by atoms with Gasteiger partial charge in [-0.25, -0.2) is 0 Å². The molecule has 0 radical (unpaired) electrons. The smallest absolute Gasteiger partial charge is 0.227 e. The molecule has 0 aliphatic heterocycles. The highest BCUT2D eigenvalue weighted by Crippen LogP contribution is 2.14. The van der Waals surface area contributed by atoms with E-state index in [1.54, 1.807) is 30.6 Å². The Morgan fingerprint density at radius 3 is 2.86 bits per heavy atom. The van der Waals surface area contributed by atoms with E-state index in [1.165, 1.54) is 0 Å². The highest BCUT2D eigenvalue weighted by atomic mass is 79.9. The lowest BCUT2D eigenvalue weighted by Gasteiger charge is -2.02. The van der Waals surface area contributed by atoms with Crippen LogP contribution in [-0.4, -0.2) is 24.6 Å². The molecule has 21 heavy (non-hydrogen) atoms. The molecule has 0 amide bonds. The number of ketones is 1. The summed E-state index contributed by atoms with van der Waals surface area (Å²) in [5, 5.41) is 8.99. The van der Waals surface area contributed by atoms with Crippen LogP contribution in [0.3, 0.4) is 0 Å². The van der Waals surface area contributed by atoms with Gasteiger partial charge < -0.3 is 26.8 Å². The van der Waals surface area contributed by atoms with Crippen LogP contribution in [0, 0.1) is 6.92 Å². The molecule has 0 unspecified atom stereocenters. The minimum absolute atomic E-state index is 0. The number of aliphatic hydroxyl groups excluding tert-OH is 1. The number of rotatable bonds is 6. The summed E-state index contributed by atoms with van der Waals surface area (Å²) in [7, 11) is 1.59. The van der Waals surface area contributed by atoms with Crippen molar-refractivity contribution in [1.82, 2.24) is 0 Å². The Labute approximate surface area is 138 Å². The molecule has 0 bridgehead atoms. The summed E-state index contributed by atoms with van der Waals surface area (Å²) in [6.45, 7) is 2.41. The Morgan fingerprint density at radius 1 is 1.43 bits per heavy atom. The van der Waals surface area contributed by atoms with Crippen molar-refractivity contribution in [2.75, 3.05) is 13.7 Å². The van der Waals surface area contributed by atoms with E-state index in [0.29, 0.717) is 24.3 Å². The lowest BCUT2D eigenvalue weighted by atomic mass is 10.1. The fraction of sp³-hybridized carbons (Fsp3) is 0.333. The number of carbonyl (C=O) groups excluding carboxylic acids is 1. The number of aromatic nitrogens is 1. The van der Waals surface area contributed by atoms with Gasteiger partial charge in [-0.1, -0.05) is 23.5 Å². The second-order valence-electron chi connectivity index (χ2n) is 4.49. The highest BCUT2D eigenvalue weighted by molar-refractivity contribution is 7.09. The number of nitrogens with zero attached hydrogens (tertiary/aromatic N) is 1. The minimum Gasteiger partial charge on any atom is -1.00 e. The monoisotopic (exact) mass is 371 g/mol. The quantitative estimate of drug-likeness (QED) is 0.511. The van der Waals surface area contributed by atoms with Crippen LogP contribution in [0.15, 0.2) is 29.8 Å². The number of hydrogen-bond donors (Lipinski definition) is 1. The first-order valence-corrected chi connectivity index (χ1v) is 7.28.